The molecule has 1 aromatic carbocycles. The maximum atomic E-state index is 12.8. The number of thiophene rings is 1. The number of hydrogen-bond donors (Lipinski definition) is 1. The van der Waals surface area contributed by atoms with Crippen molar-refractivity contribution in [3.8, 4) is 5.75 Å². The molecule has 1 aromatic heterocycles. The van der Waals surface area contributed by atoms with Gasteiger partial charge in [0.15, 0.2) is 0 Å². The Morgan fingerprint density at radius 1 is 1.10 bits per heavy atom. The molecule has 2 aromatic rings. The molecule has 29 heavy (non-hydrogen) atoms. The highest BCUT2D eigenvalue weighted by atomic mass is 32.2. The molecule has 0 aliphatic carbocycles. The monoisotopic (exact) mass is 437 g/mol. The van der Waals surface area contributed by atoms with E-state index in [1.165, 1.54) is 5.56 Å². The quantitative estimate of drug-likeness (QED) is 0.653. The zero-order valence-corrected chi connectivity index (χ0v) is 19.0. The number of hydrogen-bond acceptors (Lipinski definition) is 6. The number of ether oxygens (including phenoxy) is 1. The van der Waals surface area contributed by atoms with Crippen LogP contribution in [0.2, 0.25) is 0 Å². The Labute approximate surface area is 178 Å². The molecule has 0 radical (unpaired) electrons. The Hall–Kier alpha value is -1.45. The van der Waals surface area contributed by atoms with Crippen LogP contribution in [0, 0.1) is 5.92 Å². The first-order valence-electron chi connectivity index (χ1n) is 10.0. The first kappa shape index (κ1) is 22.2. The van der Waals surface area contributed by atoms with Gasteiger partial charge in [-0.05, 0) is 59.6 Å². The average molecular weight is 438 g/mol. The van der Waals surface area contributed by atoms with Crippen LogP contribution in [0.25, 0.3) is 0 Å². The summed E-state index contributed by atoms with van der Waals surface area (Å²) in [4.78, 5) is 4.93. The lowest BCUT2D eigenvalue weighted by molar-refractivity contribution is 0.113. The highest BCUT2D eigenvalue weighted by Gasteiger charge is 2.26. The van der Waals surface area contributed by atoms with E-state index in [0.717, 1.165) is 26.2 Å². The fourth-order valence-electron chi connectivity index (χ4n) is 3.31. The van der Waals surface area contributed by atoms with Crippen molar-refractivity contribution < 1.29 is 13.2 Å². The summed E-state index contributed by atoms with van der Waals surface area (Å²) in [5.74, 6) is 1.11. The van der Waals surface area contributed by atoms with E-state index in [1.54, 1.807) is 35.6 Å². The second-order valence-electron chi connectivity index (χ2n) is 7.94. The fourth-order valence-corrected chi connectivity index (χ4v) is 5.05. The molecular weight excluding hydrogens is 406 g/mol. The molecule has 0 bridgehead atoms. The van der Waals surface area contributed by atoms with Crippen molar-refractivity contribution in [2.75, 3.05) is 46.4 Å². The fraction of sp³-hybridized carbons (Fsp3) is 0.524. The van der Waals surface area contributed by atoms with Gasteiger partial charge in [-0.1, -0.05) is 13.8 Å². The summed E-state index contributed by atoms with van der Waals surface area (Å²) in [6, 6.07) is 8.77. The first-order valence-corrected chi connectivity index (χ1v) is 12.4. The molecule has 1 aliphatic heterocycles. The lowest BCUT2D eigenvalue weighted by Gasteiger charge is -2.37. The van der Waals surface area contributed by atoms with Crippen molar-refractivity contribution in [2.24, 2.45) is 5.92 Å². The molecule has 3 rings (SSSR count). The molecular formula is C21H31N3O3S2. The highest BCUT2D eigenvalue weighted by molar-refractivity contribution is 7.89. The molecule has 0 saturated carbocycles. The van der Waals surface area contributed by atoms with Gasteiger partial charge in [-0.25, -0.2) is 13.1 Å². The number of benzene rings is 1. The molecule has 1 fully saturated rings. The van der Waals surface area contributed by atoms with Crippen molar-refractivity contribution >= 4 is 21.4 Å². The maximum Gasteiger partial charge on any atom is 0.240 e. The van der Waals surface area contributed by atoms with Gasteiger partial charge in [-0.2, -0.15) is 11.3 Å². The molecule has 2 heterocycles. The van der Waals surface area contributed by atoms with Gasteiger partial charge in [-0.3, -0.25) is 4.90 Å². The van der Waals surface area contributed by atoms with Crippen molar-refractivity contribution in [1.29, 1.82) is 0 Å². The summed E-state index contributed by atoms with van der Waals surface area (Å²) in [6.07, 6.45) is 0. The van der Waals surface area contributed by atoms with E-state index in [-0.39, 0.29) is 10.9 Å². The number of rotatable bonds is 9. The van der Waals surface area contributed by atoms with Crippen LogP contribution in [0.4, 0.5) is 0 Å². The normalized spacial score (nSPS) is 17.5. The van der Waals surface area contributed by atoms with Gasteiger partial charge in [0.2, 0.25) is 10.0 Å². The molecule has 0 amide bonds. The van der Waals surface area contributed by atoms with Gasteiger partial charge in [0.05, 0.1) is 11.5 Å². The van der Waals surface area contributed by atoms with E-state index in [9.17, 15) is 8.42 Å². The number of nitrogens with zero attached hydrogens (tertiary/aromatic N) is 2. The predicted octanol–water partition coefficient (Wildman–Crippen LogP) is 3.05. The number of piperazine rings is 1. The Morgan fingerprint density at radius 2 is 1.79 bits per heavy atom. The SMILES string of the molecule is CC(C)COc1ccc(S(=O)(=O)NC[C@H](c2ccsc2)N2CCN(C)CC2)cc1. The maximum absolute atomic E-state index is 12.8. The lowest BCUT2D eigenvalue weighted by Crippen LogP contribution is -2.48. The third-order valence-electron chi connectivity index (χ3n) is 5.09. The molecule has 0 spiro atoms. The first-order chi connectivity index (χ1) is 13.8. The van der Waals surface area contributed by atoms with Crippen LogP contribution in [0.1, 0.15) is 25.5 Å². The third-order valence-corrected chi connectivity index (χ3v) is 7.23. The highest BCUT2D eigenvalue weighted by Crippen LogP contribution is 2.24. The predicted molar refractivity (Wildman–Crippen MR) is 118 cm³/mol. The Bertz CT molecular complexity index is 844. The molecule has 1 aliphatic rings. The summed E-state index contributed by atoms with van der Waals surface area (Å²) in [7, 11) is -1.46. The number of likely N-dealkylation sites (N-methyl/N-ethyl adjacent to an activating group) is 1. The topological polar surface area (TPSA) is 61.9 Å². The van der Waals surface area contributed by atoms with E-state index < -0.39 is 10.0 Å². The summed E-state index contributed by atoms with van der Waals surface area (Å²) in [5.41, 5.74) is 1.17. The Balaban J connectivity index is 1.66. The minimum atomic E-state index is -3.58. The van der Waals surface area contributed by atoms with Crippen molar-refractivity contribution in [3.05, 3.63) is 46.7 Å². The van der Waals surface area contributed by atoms with Gasteiger partial charge in [0.1, 0.15) is 5.75 Å². The molecule has 1 atom stereocenters. The molecule has 6 nitrogen and oxygen atoms in total. The van der Waals surface area contributed by atoms with Gasteiger partial charge < -0.3 is 9.64 Å². The summed E-state index contributed by atoms with van der Waals surface area (Å²) >= 11 is 1.64. The van der Waals surface area contributed by atoms with Crippen molar-refractivity contribution in [2.45, 2.75) is 24.8 Å². The minimum Gasteiger partial charge on any atom is -0.493 e. The second-order valence-corrected chi connectivity index (χ2v) is 10.5. The average Bonchev–Trinajstić information content (AvgIpc) is 3.22. The van der Waals surface area contributed by atoms with E-state index in [2.05, 4.69) is 46.9 Å². The standard InChI is InChI=1S/C21H31N3O3S2/c1-17(2)15-27-19-4-6-20(7-5-19)29(25,26)22-14-21(18-8-13-28-16-18)24-11-9-23(3)10-12-24/h4-8,13,16-17,21-22H,9-12,14-15H2,1-3H3/t21-/m1/s1. The van der Waals surface area contributed by atoms with Gasteiger partial charge in [0, 0.05) is 38.8 Å². The van der Waals surface area contributed by atoms with Crippen molar-refractivity contribution in [1.82, 2.24) is 14.5 Å². The zero-order valence-electron chi connectivity index (χ0n) is 17.4. The van der Waals surface area contributed by atoms with Crippen LogP contribution < -0.4 is 9.46 Å². The van der Waals surface area contributed by atoms with Crippen LogP contribution in [0.3, 0.4) is 0 Å². The Kier molecular flexibility index (Phi) is 7.70. The van der Waals surface area contributed by atoms with Gasteiger partial charge in [0.25, 0.3) is 0 Å². The van der Waals surface area contributed by atoms with Gasteiger partial charge >= 0.3 is 0 Å². The molecule has 1 N–H and O–H groups in total. The summed E-state index contributed by atoms with van der Waals surface area (Å²) in [6.45, 7) is 8.96. The van der Waals surface area contributed by atoms with Crippen LogP contribution >= 0.6 is 11.3 Å². The number of sulfonamides is 1. The molecule has 0 unspecified atom stereocenters. The third kappa shape index (κ3) is 6.26. The van der Waals surface area contributed by atoms with E-state index >= 15 is 0 Å². The van der Waals surface area contributed by atoms with Crippen LogP contribution in [-0.4, -0.2) is 64.6 Å². The van der Waals surface area contributed by atoms with Crippen molar-refractivity contribution in [3.63, 3.8) is 0 Å². The van der Waals surface area contributed by atoms with Crippen LogP contribution in [-0.2, 0) is 10.0 Å². The van der Waals surface area contributed by atoms with Crippen LogP contribution in [0.15, 0.2) is 46.0 Å². The smallest absolute Gasteiger partial charge is 0.240 e. The van der Waals surface area contributed by atoms with E-state index in [4.69, 9.17) is 4.74 Å². The minimum absolute atomic E-state index is 0.0402. The van der Waals surface area contributed by atoms with Gasteiger partial charge in [-0.15, -0.1) is 0 Å². The largest absolute Gasteiger partial charge is 0.493 e. The molecule has 1 saturated heterocycles. The number of nitrogens with one attached hydrogen (secondary N) is 1. The molecule has 160 valence electrons. The lowest BCUT2D eigenvalue weighted by atomic mass is 10.1. The summed E-state index contributed by atoms with van der Waals surface area (Å²) in [5, 5.41) is 4.15. The second kappa shape index (κ2) is 10.0. The van der Waals surface area contributed by atoms with Crippen LogP contribution in [0.5, 0.6) is 5.75 Å². The zero-order chi connectivity index (χ0) is 20.9. The molecule has 8 heteroatoms. The van der Waals surface area contributed by atoms with E-state index in [0.29, 0.717) is 24.8 Å². The van der Waals surface area contributed by atoms with E-state index in [1.807, 2.05) is 5.38 Å². The summed E-state index contributed by atoms with van der Waals surface area (Å²) < 4.78 is 34.2. The Morgan fingerprint density at radius 3 is 2.38 bits per heavy atom.